The SMILES string of the molecule is CC(C)NC(=O)c1ccccc1S(=O)(=O)c1ccc(NC(=O)C(C)(O)C(F)(F)F)c(Cl)c1. The molecule has 0 radical (unpaired) electrons. The van der Waals surface area contributed by atoms with Crippen molar-refractivity contribution in [3.8, 4) is 0 Å². The highest BCUT2D eigenvalue weighted by molar-refractivity contribution is 7.91. The molecule has 0 aliphatic heterocycles. The molecule has 0 aliphatic carbocycles. The van der Waals surface area contributed by atoms with Crippen molar-refractivity contribution in [2.45, 2.75) is 48.4 Å². The van der Waals surface area contributed by atoms with E-state index in [2.05, 4.69) is 5.32 Å². The maximum absolute atomic E-state index is 13.1. The van der Waals surface area contributed by atoms with Gasteiger partial charge in [0.2, 0.25) is 15.4 Å². The molecule has 0 saturated heterocycles. The van der Waals surface area contributed by atoms with Gasteiger partial charge in [0.25, 0.3) is 11.8 Å². The minimum Gasteiger partial charge on any atom is -0.373 e. The molecule has 2 amide bonds. The molecule has 1 atom stereocenters. The molecule has 0 spiro atoms. The first-order chi connectivity index (χ1) is 14.6. The van der Waals surface area contributed by atoms with Gasteiger partial charge in [0.15, 0.2) is 0 Å². The summed E-state index contributed by atoms with van der Waals surface area (Å²) >= 11 is 5.98. The summed E-state index contributed by atoms with van der Waals surface area (Å²) in [5, 5.41) is 13.5. The molecule has 7 nitrogen and oxygen atoms in total. The second-order valence-corrected chi connectivity index (χ2v) is 9.62. The minimum absolute atomic E-state index is 0.101. The summed E-state index contributed by atoms with van der Waals surface area (Å²) in [4.78, 5) is 23.6. The van der Waals surface area contributed by atoms with Crippen LogP contribution >= 0.6 is 11.6 Å². The maximum Gasteiger partial charge on any atom is 0.426 e. The van der Waals surface area contributed by atoms with Crippen LogP contribution in [0.25, 0.3) is 0 Å². The summed E-state index contributed by atoms with van der Waals surface area (Å²) in [5.41, 5.74) is -4.13. The van der Waals surface area contributed by atoms with Crippen LogP contribution in [0.15, 0.2) is 52.3 Å². The van der Waals surface area contributed by atoms with Gasteiger partial charge in [0, 0.05) is 6.04 Å². The van der Waals surface area contributed by atoms with E-state index in [1.54, 1.807) is 13.8 Å². The highest BCUT2D eigenvalue weighted by Crippen LogP contribution is 2.34. The molecule has 2 rings (SSSR count). The van der Waals surface area contributed by atoms with E-state index < -0.39 is 33.4 Å². The molecule has 0 heterocycles. The lowest BCUT2D eigenvalue weighted by Crippen LogP contribution is -2.52. The summed E-state index contributed by atoms with van der Waals surface area (Å²) in [7, 11) is -4.26. The number of nitrogens with one attached hydrogen (secondary N) is 2. The van der Waals surface area contributed by atoms with E-state index in [9.17, 15) is 36.3 Å². The number of rotatable bonds is 6. The molecule has 2 aromatic carbocycles. The Labute approximate surface area is 187 Å². The van der Waals surface area contributed by atoms with E-state index in [1.807, 2.05) is 5.32 Å². The zero-order valence-corrected chi connectivity index (χ0v) is 18.7. The van der Waals surface area contributed by atoms with Gasteiger partial charge in [-0.1, -0.05) is 23.7 Å². The number of carbonyl (C=O) groups is 2. The van der Waals surface area contributed by atoms with E-state index in [-0.39, 0.29) is 39.0 Å². The quantitative estimate of drug-likeness (QED) is 0.570. The highest BCUT2D eigenvalue weighted by Gasteiger charge is 2.55. The minimum atomic E-state index is -5.24. The Morgan fingerprint density at radius 2 is 1.69 bits per heavy atom. The largest absolute Gasteiger partial charge is 0.426 e. The van der Waals surface area contributed by atoms with Crippen molar-refractivity contribution in [3.05, 3.63) is 53.1 Å². The predicted octanol–water partition coefficient (Wildman–Crippen LogP) is 3.56. The molecule has 3 N–H and O–H groups in total. The summed E-state index contributed by atoms with van der Waals surface area (Å²) in [6.07, 6.45) is -5.24. The van der Waals surface area contributed by atoms with E-state index in [4.69, 9.17) is 11.6 Å². The maximum atomic E-state index is 13.1. The average Bonchev–Trinajstić information content (AvgIpc) is 2.67. The van der Waals surface area contributed by atoms with Crippen LogP contribution in [-0.2, 0) is 14.6 Å². The lowest BCUT2D eigenvalue weighted by Gasteiger charge is -2.25. The Kier molecular flexibility index (Phi) is 7.28. The van der Waals surface area contributed by atoms with E-state index in [0.29, 0.717) is 0 Å². The third kappa shape index (κ3) is 5.22. The number of hydrogen-bond acceptors (Lipinski definition) is 5. The first-order valence-corrected chi connectivity index (χ1v) is 11.0. The molecular weight excluding hydrogens is 473 g/mol. The van der Waals surface area contributed by atoms with Crippen LogP contribution in [0.2, 0.25) is 5.02 Å². The summed E-state index contributed by atoms with van der Waals surface area (Å²) < 4.78 is 64.7. The number of carbonyl (C=O) groups excluding carboxylic acids is 2. The zero-order chi connectivity index (χ0) is 24.5. The Morgan fingerprint density at radius 3 is 2.22 bits per heavy atom. The predicted molar refractivity (Wildman–Crippen MR) is 111 cm³/mol. The molecule has 0 aromatic heterocycles. The molecule has 0 aliphatic rings. The monoisotopic (exact) mass is 492 g/mol. The van der Waals surface area contributed by atoms with Gasteiger partial charge >= 0.3 is 6.18 Å². The van der Waals surface area contributed by atoms with Crippen molar-refractivity contribution in [1.82, 2.24) is 5.32 Å². The van der Waals surface area contributed by atoms with Gasteiger partial charge in [-0.2, -0.15) is 13.2 Å². The first-order valence-electron chi connectivity index (χ1n) is 9.14. The number of amides is 2. The van der Waals surface area contributed by atoms with Gasteiger partial charge in [0.05, 0.1) is 26.1 Å². The number of anilines is 1. The smallest absolute Gasteiger partial charge is 0.373 e. The number of halogens is 4. The van der Waals surface area contributed by atoms with Crippen LogP contribution in [0, 0.1) is 0 Å². The lowest BCUT2D eigenvalue weighted by atomic mass is 10.1. The van der Waals surface area contributed by atoms with Crippen molar-refractivity contribution in [3.63, 3.8) is 0 Å². The second kappa shape index (κ2) is 9.08. The third-order valence-corrected chi connectivity index (χ3v) is 6.46. The number of hydrogen-bond donors (Lipinski definition) is 3. The average molecular weight is 493 g/mol. The summed E-state index contributed by atoms with van der Waals surface area (Å²) in [6, 6.07) is 8.15. The van der Waals surface area contributed by atoms with Crippen LogP contribution in [0.1, 0.15) is 31.1 Å². The van der Waals surface area contributed by atoms with Crippen molar-refractivity contribution in [1.29, 1.82) is 0 Å². The molecule has 12 heteroatoms. The normalized spacial score (nSPS) is 14.0. The van der Waals surface area contributed by atoms with Crippen molar-refractivity contribution in [2.75, 3.05) is 5.32 Å². The Morgan fingerprint density at radius 1 is 1.09 bits per heavy atom. The molecule has 0 saturated carbocycles. The van der Waals surface area contributed by atoms with Crippen molar-refractivity contribution < 1.29 is 36.3 Å². The fraction of sp³-hybridized carbons (Fsp3) is 0.300. The van der Waals surface area contributed by atoms with Crippen LogP contribution in [0.3, 0.4) is 0 Å². The standard InChI is InChI=1S/C20H20ClF3N2O5S/c1-11(2)25-17(27)13-6-4-5-7-16(13)32(30,31)12-8-9-15(14(21)10-12)26-18(28)19(3,29)20(22,23)24/h4-11,29H,1-3H3,(H,25,27)(H,26,28). The van der Waals surface area contributed by atoms with Gasteiger partial charge in [-0.15, -0.1) is 0 Å². The first kappa shape index (κ1) is 25.6. The van der Waals surface area contributed by atoms with Crippen molar-refractivity contribution >= 4 is 38.9 Å². The van der Waals surface area contributed by atoms with Gasteiger partial charge in [-0.3, -0.25) is 9.59 Å². The third-order valence-electron chi connectivity index (χ3n) is 4.33. The molecule has 2 aromatic rings. The molecular formula is C20H20ClF3N2O5S. The van der Waals surface area contributed by atoms with Gasteiger partial charge in [0.1, 0.15) is 0 Å². The zero-order valence-electron chi connectivity index (χ0n) is 17.1. The number of aliphatic hydroxyl groups is 1. The number of benzene rings is 2. The Balaban J connectivity index is 2.42. The fourth-order valence-corrected chi connectivity index (χ4v) is 4.27. The molecule has 1 unspecified atom stereocenters. The molecule has 0 bridgehead atoms. The second-order valence-electron chi connectivity index (χ2n) is 7.29. The van der Waals surface area contributed by atoms with Gasteiger partial charge in [-0.25, -0.2) is 8.42 Å². The highest BCUT2D eigenvalue weighted by atomic mass is 35.5. The van der Waals surface area contributed by atoms with Gasteiger partial charge in [-0.05, 0) is 51.1 Å². The Hall–Kier alpha value is -2.63. The summed E-state index contributed by atoms with van der Waals surface area (Å²) in [5.74, 6) is -2.40. The number of alkyl halides is 3. The summed E-state index contributed by atoms with van der Waals surface area (Å²) in [6.45, 7) is 3.68. The van der Waals surface area contributed by atoms with E-state index >= 15 is 0 Å². The van der Waals surface area contributed by atoms with E-state index in [0.717, 1.165) is 18.2 Å². The Bertz CT molecular complexity index is 1150. The molecule has 32 heavy (non-hydrogen) atoms. The lowest BCUT2D eigenvalue weighted by molar-refractivity contribution is -0.242. The molecule has 174 valence electrons. The number of sulfone groups is 1. The van der Waals surface area contributed by atoms with E-state index in [1.165, 1.54) is 24.3 Å². The molecule has 0 fully saturated rings. The van der Waals surface area contributed by atoms with Crippen LogP contribution in [0.4, 0.5) is 18.9 Å². The van der Waals surface area contributed by atoms with Crippen molar-refractivity contribution in [2.24, 2.45) is 0 Å². The fourth-order valence-electron chi connectivity index (χ4n) is 2.49. The van der Waals surface area contributed by atoms with Gasteiger partial charge < -0.3 is 15.7 Å². The van der Waals surface area contributed by atoms with Crippen LogP contribution in [-0.4, -0.2) is 43.2 Å². The van der Waals surface area contributed by atoms with Crippen LogP contribution in [0.5, 0.6) is 0 Å². The van der Waals surface area contributed by atoms with Crippen LogP contribution < -0.4 is 10.6 Å². The topological polar surface area (TPSA) is 113 Å².